The van der Waals surface area contributed by atoms with Gasteiger partial charge in [0.05, 0.1) is 6.10 Å². The van der Waals surface area contributed by atoms with Crippen LogP contribution in [-0.4, -0.2) is 49.6 Å². The van der Waals surface area contributed by atoms with E-state index in [1.807, 2.05) is 0 Å². The van der Waals surface area contributed by atoms with Gasteiger partial charge in [-0.3, -0.25) is 4.57 Å². The lowest BCUT2D eigenvalue weighted by molar-refractivity contribution is -0.0777. The molecule has 7 nitrogen and oxygen atoms in total. The predicted molar refractivity (Wildman–Crippen MR) is 81.6 cm³/mol. The van der Waals surface area contributed by atoms with Gasteiger partial charge in [-0.05, 0) is 19.9 Å². The molecule has 1 unspecified atom stereocenters. The van der Waals surface area contributed by atoms with Gasteiger partial charge >= 0.3 is 5.69 Å². The molecule has 0 spiro atoms. The molecule has 1 aromatic rings. The second-order valence-electron chi connectivity index (χ2n) is 5.32. The Morgan fingerprint density at radius 1 is 1.70 bits per heavy atom. The summed E-state index contributed by atoms with van der Waals surface area (Å²) in [5.41, 5.74) is 5.13. The van der Waals surface area contributed by atoms with Gasteiger partial charge in [-0.1, -0.05) is 23.4 Å². The lowest BCUT2D eigenvalue weighted by Crippen LogP contribution is -2.45. The fourth-order valence-corrected chi connectivity index (χ4v) is 2.89. The number of aryl methyl sites for hydroxylation is 1. The number of aliphatic hydroxyl groups excluding tert-OH is 2. The van der Waals surface area contributed by atoms with Crippen molar-refractivity contribution in [2.75, 3.05) is 12.4 Å². The smallest absolute Gasteiger partial charge is 0.351 e. The number of nitrogens with two attached hydrogens (primary N) is 1. The minimum atomic E-state index is -1.82. The molecule has 0 saturated carbocycles. The average Bonchev–Trinajstić information content (AvgIpc) is 2.70. The van der Waals surface area contributed by atoms with Gasteiger partial charge in [0.1, 0.15) is 24.7 Å². The summed E-state index contributed by atoms with van der Waals surface area (Å²) in [7, 11) is 0. The Labute approximate surface area is 136 Å². The van der Waals surface area contributed by atoms with Crippen molar-refractivity contribution in [1.29, 1.82) is 0 Å². The number of nitrogens with zero attached hydrogens (tertiary/aromatic N) is 2. The molecule has 1 fully saturated rings. The van der Waals surface area contributed by atoms with Crippen molar-refractivity contribution in [3.63, 3.8) is 0 Å². The SMILES string of the molecule is Cc1cc(N)nc(=O)n1[C@@H]1O[C@H]([C@@H](C)O)C(O)[C@]1(Cl)C#CCF. The first-order chi connectivity index (χ1) is 10.7. The van der Waals surface area contributed by atoms with E-state index in [9.17, 15) is 19.4 Å². The standard InChI is InChI=1S/C14H17ClFN3O4/c1-7-6-9(17)18-13(22)19(7)12-14(15,4-3-5-16)11(21)10(23-12)8(2)20/h6,8,10-12,20-21H,5H2,1-2H3,(H2,17,18,22)/t8-,10-,11?,12-,14-/m1/s1. The van der Waals surface area contributed by atoms with Gasteiger partial charge in [0, 0.05) is 5.69 Å². The summed E-state index contributed by atoms with van der Waals surface area (Å²) < 4.78 is 19.1. The maximum Gasteiger partial charge on any atom is 0.351 e. The highest BCUT2D eigenvalue weighted by Crippen LogP contribution is 2.44. The molecule has 0 bridgehead atoms. The van der Waals surface area contributed by atoms with Crippen LogP contribution in [0.5, 0.6) is 0 Å². The van der Waals surface area contributed by atoms with Crippen LogP contribution in [0.15, 0.2) is 10.9 Å². The fraction of sp³-hybridized carbons (Fsp3) is 0.571. The van der Waals surface area contributed by atoms with Crippen molar-refractivity contribution in [2.45, 2.75) is 43.3 Å². The Hall–Kier alpha value is -1.66. The van der Waals surface area contributed by atoms with Crippen LogP contribution in [0.2, 0.25) is 0 Å². The van der Waals surface area contributed by atoms with Crippen LogP contribution >= 0.6 is 11.6 Å². The molecule has 5 atom stereocenters. The number of hydrogen-bond donors (Lipinski definition) is 3. The predicted octanol–water partition coefficient (Wildman–Crippen LogP) is -0.276. The highest BCUT2D eigenvalue weighted by atomic mass is 35.5. The minimum Gasteiger partial charge on any atom is -0.391 e. The van der Waals surface area contributed by atoms with E-state index >= 15 is 0 Å². The number of anilines is 1. The molecule has 0 aliphatic carbocycles. The van der Waals surface area contributed by atoms with E-state index in [0.717, 1.165) is 4.57 Å². The van der Waals surface area contributed by atoms with Crippen LogP contribution < -0.4 is 11.4 Å². The van der Waals surface area contributed by atoms with E-state index < -0.39 is 41.8 Å². The first kappa shape index (κ1) is 17.7. The second kappa shape index (κ2) is 6.45. The zero-order valence-electron chi connectivity index (χ0n) is 12.5. The topological polar surface area (TPSA) is 111 Å². The first-order valence-corrected chi connectivity index (χ1v) is 7.22. The number of aromatic nitrogens is 2. The molecule has 126 valence electrons. The number of nitrogen functional groups attached to an aromatic ring is 1. The molecule has 0 radical (unpaired) electrons. The van der Waals surface area contributed by atoms with Crippen LogP contribution in [0, 0.1) is 18.8 Å². The van der Waals surface area contributed by atoms with Crippen molar-refractivity contribution in [1.82, 2.24) is 9.55 Å². The highest BCUT2D eigenvalue weighted by Gasteiger charge is 2.57. The zero-order chi connectivity index (χ0) is 17.4. The van der Waals surface area contributed by atoms with Crippen LogP contribution in [0.3, 0.4) is 0 Å². The summed E-state index contributed by atoms with van der Waals surface area (Å²) in [6.45, 7) is 1.99. The molecule has 4 N–H and O–H groups in total. The van der Waals surface area contributed by atoms with E-state index in [1.165, 1.54) is 13.0 Å². The normalized spacial score (nSPS) is 31.5. The fourth-order valence-electron chi connectivity index (χ4n) is 2.55. The van der Waals surface area contributed by atoms with Gasteiger partial charge in [0.2, 0.25) is 0 Å². The number of hydrogen-bond acceptors (Lipinski definition) is 6. The summed E-state index contributed by atoms with van der Waals surface area (Å²) in [5, 5.41) is 20.1. The molecule has 1 aliphatic heterocycles. The van der Waals surface area contributed by atoms with Crippen molar-refractivity contribution < 1.29 is 19.3 Å². The number of alkyl halides is 2. The number of ether oxygens (including phenoxy) is 1. The van der Waals surface area contributed by atoms with E-state index in [2.05, 4.69) is 16.8 Å². The molecule has 23 heavy (non-hydrogen) atoms. The molecule has 1 aromatic heterocycles. The van der Waals surface area contributed by atoms with Crippen LogP contribution in [0.25, 0.3) is 0 Å². The Kier molecular flexibility index (Phi) is 4.96. The Bertz CT molecular complexity index is 714. The molecule has 9 heteroatoms. The van der Waals surface area contributed by atoms with Crippen molar-refractivity contribution in [2.24, 2.45) is 0 Å². The third-order valence-electron chi connectivity index (χ3n) is 3.61. The summed E-state index contributed by atoms with van der Waals surface area (Å²) in [4.78, 5) is 13.9. The van der Waals surface area contributed by atoms with Crippen molar-refractivity contribution >= 4 is 17.4 Å². The molecule has 2 heterocycles. The maximum absolute atomic E-state index is 12.4. The summed E-state index contributed by atoms with van der Waals surface area (Å²) in [6.07, 6.45) is -4.90. The van der Waals surface area contributed by atoms with E-state index in [1.54, 1.807) is 6.92 Å². The van der Waals surface area contributed by atoms with Crippen molar-refractivity contribution in [3.8, 4) is 11.8 Å². The molecule has 2 rings (SSSR count). The summed E-state index contributed by atoms with van der Waals surface area (Å²) >= 11 is 6.38. The van der Waals surface area contributed by atoms with Gasteiger partial charge < -0.3 is 20.7 Å². The van der Waals surface area contributed by atoms with Gasteiger partial charge in [-0.25, -0.2) is 9.18 Å². The van der Waals surface area contributed by atoms with Gasteiger partial charge in [-0.15, -0.1) is 0 Å². The Morgan fingerprint density at radius 3 is 2.87 bits per heavy atom. The average molecular weight is 346 g/mol. The Morgan fingerprint density at radius 2 is 2.35 bits per heavy atom. The zero-order valence-corrected chi connectivity index (χ0v) is 13.3. The Balaban J connectivity index is 2.61. The van der Waals surface area contributed by atoms with Crippen LogP contribution in [-0.2, 0) is 4.74 Å². The van der Waals surface area contributed by atoms with Crippen LogP contribution in [0.4, 0.5) is 10.2 Å². The lowest BCUT2D eigenvalue weighted by Gasteiger charge is -2.27. The monoisotopic (exact) mass is 345 g/mol. The van der Waals surface area contributed by atoms with Gasteiger partial charge in [0.15, 0.2) is 11.1 Å². The molecule has 0 aromatic carbocycles. The largest absolute Gasteiger partial charge is 0.391 e. The van der Waals surface area contributed by atoms with E-state index in [-0.39, 0.29) is 5.82 Å². The van der Waals surface area contributed by atoms with Crippen molar-refractivity contribution in [3.05, 3.63) is 22.2 Å². The summed E-state index contributed by atoms with van der Waals surface area (Å²) in [5.74, 6) is 4.55. The van der Waals surface area contributed by atoms with E-state index in [4.69, 9.17) is 22.1 Å². The van der Waals surface area contributed by atoms with Gasteiger partial charge in [-0.2, -0.15) is 4.98 Å². The number of rotatable bonds is 2. The third kappa shape index (κ3) is 3.05. The molecule has 1 aliphatic rings. The minimum absolute atomic E-state index is 0.0180. The lowest BCUT2D eigenvalue weighted by atomic mass is 9.96. The third-order valence-corrected chi connectivity index (χ3v) is 4.12. The molecular formula is C14H17ClFN3O4. The molecule has 0 amide bonds. The number of aliphatic hydroxyl groups is 2. The number of halogens is 2. The second-order valence-corrected chi connectivity index (χ2v) is 5.94. The van der Waals surface area contributed by atoms with E-state index in [0.29, 0.717) is 5.69 Å². The summed E-state index contributed by atoms with van der Waals surface area (Å²) in [6, 6.07) is 1.42. The van der Waals surface area contributed by atoms with Crippen LogP contribution in [0.1, 0.15) is 18.8 Å². The van der Waals surface area contributed by atoms with Gasteiger partial charge in [0.25, 0.3) is 0 Å². The maximum atomic E-state index is 12.4. The molecular weight excluding hydrogens is 329 g/mol. The first-order valence-electron chi connectivity index (χ1n) is 6.84. The highest BCUT2D eigenvalue weighted by molar-refractivity contribution is 6.27. The quantitative estimate of drug-likeness (QED) is 0.502. The molecule has 1 saturated heterocycles.